The van der Waals surface area contributed by atoms with Gasteiger partial charge in [0, 0.05) is 0 Å². The van der Waals surface area contributed by atoms with Crippen molar-refractivity contribution >= 4 is 32.6 Å². The van der Waals surface area contributed by atoms with E-state index in [1.807, 2.05) is 49.4 Å². The molecule has 27 heavy (non-hydrogen) atoms. The van der Waals surface area contributed by atoms with E-state index < -0.39 is 0 Å². The fourth-order valence-electron chi connectivity index (χ4n) is 2.94. The zero-order chi connectivity index (χ0) is 18.8. The van der Waals surface area contributed by atoms with Gasteiger partial charge < -0.3 is 9.15 Å². The van der Waals surface area contributed by atoms with Gasteiger partial charge in [0.25, 0.3) is 5.91 Å². The van der Waals surface area contributed by atoms with Gasteiger partial charge >= 0.3 is 0 Å². The van der Waals surface area contributed by atoms with Crippen molar-refractivity contribution in [3.63, 3.8) is 0 Å². The number of nitrogens with zero attached hydrogens (tertiary/aromatic N) is 2. The zero-order valence-corrected chi connectivity index (χ0v) is 15.8. The molecule has 0 aliphatic rings. The van der Waals surface area contributed by atoms with Crippen molar-refractivity contribution < 1.29 is 13.9 Å². The Morgan fingerprint density at radius 2 is 2.00 bits per heavy atom. The Morgan fingerprint density at radius 3 is 2.74 bits per heavy atom. The summed E-state index contributed by atoms with van der Waals surface area (Å²) in [7, 11) is 1.56. The summed E-state index contributed by atoms with van der Waals surface area (Å²) >= 11 is 1.49. The highest BCUT2D eigenvalue weighted by molar-refractivity contribution is 7.22. The van der Waals surface area contributed by atoms with E-state index in [-0.39, 0.29) is 5.91 Å². The molecule has 2 aromatic heterocycles. The van der Waals surface area contributed by atoms with Gasteiger partial charge in [-0.2, -0.15) is 0 Å². The number of rotatable bonds is 5. The van der Waals surface area contributed by atoms with E-state index in [0.717, 1.165) is 15.8 Å². The minimum absolute atomic E-state index is 0.180. The predicted octanol–water partition coefficient (Wildman–Crippen LogP) is 5.05. The van der Waals surface area contributed by atoms with E-state index in [1.165, 1.54) is 11.3 Å². The first-order valence-electron chi connectivity index (χ1n) is 8.51. The van der Waals surface area contributed by atoms with Crippen molar-refractivity contribution in [2.24, 2.45) is 0 Å². The second-order valence-corrected chi connectivity index (χ2v) is 7.10. The fourth-order valence-corrected chi connectivity index (χ4v) is 3.98. The van der Waals surface area contributed by atoms with Crippen LogP contribution in [0.4, 0.5) is 5.13 Å². The first-order valence-corrected chi connectivity index (χ1v) is 9.32. The van der Waals surface area contributed by atoms with E-state index in [0.29, 0.717) is 28.7 Å². The SMILES string of the molecule is COc1ccccc1C(=O)N(Cc1ccco1)c1nc2c(C)cccc2s1. The molecule has 4 rings (SSSR count). The molecule has 2 heterocycles. The van der Waals surface area contributed by atoms with Crippen LogP contribution in [-0.2, 0) is 6.54 Å². The van der Waals surface area contributed by atoms with Crippen LogP contribution in [0.15, 0.2) is 65.3 Å². The molecule has 0 fully saturated rings. The first-order chi connectivity index (χ1) is 13.2. The van der Waals surface area contributed by atoms with Gasteiger partial charge in [0.05, 0.1) is 35.7 Å². The molecule has 1 amide bonds. The topological polar surface area (TPSA) is 55.6 Å². The van der Waals surface area contributed by atoms with Crippen LogP contribution in [0.25, 0.3) is 10.2 Å². The highest BCUT2D eigenvalue weighted by Gasteiger charge is 2.25. The van der Waals surface area contributed by atoms with Gasteiger partial charge in [-0.1, -0.05) is 35.6 Å². The van der Waals surface area contributed by atoms with Gasteiger partial charge in [-0.25, -0.2) is 4.98 Å². The first kappa shape index (κ1) is 17.3. The maximum atomic E-state index is 13.4. The zero-order valence-electron chi connectivity index (χ0n) is 15.0. The number of hydrogen-bond acceptors (Lipinski definition) is 5. The van der Waals surface area contributed by atoms with Crippen molar-refractivity contribution in [1.29, 1.82) is 0 Å². The molecule has 2 aromatic carbocycles. The number of furan rings is 1. The van der Waals surface area contributed by atoms with Crippen LogP contribution >= 0.6 is 11.3 Å². The number of carbonyl (C=O) groups excluding carboxylic acids is 1. The van der Waals surface area contributed by atoms with Crippen molar-refractivity contribution in [3.05, 3.63) is 77.7 Å². The Hall–Kier alpha value is -3.12. The molecular weight excluding hydrogens is 360 g/mol. The normalized spacial score (nSPS) is 10.9. The second-order valence-electron chi connectivity index (χ2n) is 6.09. The lowest BCUT2D eigenvalue weighted by atomic mass is 10.1. The standard InChI is InChI=1S/C21H18N2O3S/c1-14-7-5-11-18-19(14)22-21(27-18)23(13-15-8-6-12-26-15)20(24)16-9-3-4-10-17(16)25-2/h3-12H,13H2,1-2H3. The molecule has 0 radical (unpaired) electrons. The number of fused-ring (bicyclic) bond motifs is 1. The summed E-state index contributed by atoms with van der Waals surface area (Å²) in [6, 6.07) is 16.9. The number of benzene rings is 2. The van der Waals surface area contributed by atoms with Crippen molar-refractivity contribution in [3.8, 4) is 5.75 Å². The van der Waals surface area contributed by atoms with Crippen LogP contribution in [0, 0.1) is 6.92 Å². The lowest BCUT2D eigenvalue weighted by Gasteiger charge is -2.20. The van der Waals surface area contributed by atoms with Gasteiger partial charge in [0.1, 0.15) is 11.5 Å². The molecule has 5 nitrogen and oxygen atoms in total. The molecule has 4 aromatic rings. The third-order valence-electron chi connectivity index (χ3n) is 4.32. The third kappa shape index (κ3) is 3.31. The van der Waals surface area contributed by atoms with E-state index >= 15 is 0 Å². The van der Waals surface area contributed by atoms with Gasteiger partial charge in [0.15, 0.2) is 5.13 Å². The Morgan fingerprint density at radius 1 is 1.15 bits per heavy atom. The molecule has 6 heteroatoms. The van der Waals surface area contributed by atoms with E-state index in [9.17, 15) is 4.79 Å². The van der Waals surface area contributed by atoms with Crippen LogP contribution in [0.2, 0.25) is 0 Å². The summed E-state index contributed by atoms with van der Waals surface area (Å²) in [5, 5.41) is 0.631. The summed E-state index contributed by atoms with van der Waals surface area (Å²) in [6.07, 6.45) is 1.60. The van der Waals surface area contributed by atoms with Crippen LogP contribution in [0.1, 0.15) is 21.7 Å². The summed E-state index contributed by atoms with van der Waals surface area (Å²) in [5.41, 5.74) is 2.48. The maximum Gasteiger partial charge on any atom is 0.264 e. The van der Waals surface area contributed by atoms with Crippen LogP contribution < -0.4 is 9.64 Å². The van der Waals surface area contributed by atoms with Gasteiger partial charge in [-0.15, -0.1) is 0 Å². The van der Waals surface area contributed by atoms with Crippen molar-refractivity contribution in [2.45, 2.75) is 13.5 Å². The molecular formula is C21H18N2O3S. The van der Waals surface area contributed by atoms with Gasteiger partial charge in [0.2, 0.25) is 0 Å². The largest absolute Gasteiger partial charge is 0.496 e. The van der Waals surface area contributed by atoms with E-state index in [1.54, 1.807) is 30.4 Å². The second kappa shape index (κ2) is 7.25. The number of aryl methyl sites for hydroxylation is 1. The Labute approximate surface area is 160 Å². The molecule has 0 bridgehead atoms. The molecule has 0 saturated carbocycles. The number of amides is 1. The highest BCUT2D eigenvalue weighted by Crippen LogP contribution is 2.33. The number of methoxy groups -OCH3 is 1. The maximum absolute atomic E-state index is 13.4. The molecule has 0 aliphatic carbocycles. The molecule has 0 aliphatic heterocycles. The average Bonchev–Trinajstić information content (AvgIpc) is 3.35. The number of para-hydroxylation sites is 2. The summed E-state index contributed by atoms with van der Waals surface area (Å²) in [4.78, 5) is 19.8. The Balaban J connectivity index is 1.80. The fraction of sp³-hybridized carbons (Fsp3) is 0.143. The number of hydrogen-bond donors (Lipinski definition) is 0. The van der Waals surface area contributed by atoms with Crippen LogP contribution in [-0.4, -0.2) is 18.0 Å². The minimum atomic E-state index is -0.180. The highest BCUT2D eigenvalue weighted by atomic mass is 32.1. The number of thiazole rings is 1. The van der Waals surface area contributed by atoms with Crippen LogP contribution in [0.3, 0.4) is 0 Å². The molecule has 0 N–H and O–H groups in total. The average molecular weight is 378 g/mol. The lowest BCUT2D eigenvalue weighted by Crippen LogP contribution is -2.30. The molecule has 0 atom stereocenters. The molecule has 0 unspecified atom stereocenters. The summed E-state index contributed by atoms with van der Waals surface area (Å²) in [6.45, 7) is 2.31. The minimum Gasteiger partial charge on any atom is -0.496 e. The smallest absolute Gasteiger partial charge is 0.264 e. The van der Waals surface area contributed by atoms with E-state index in [2.05, 4.69) is 0 Å². The number of carbonyl (C=O) groups is 1. The Bertz CT molecular complexity index is 1090. The Kier molecular flexibility index (Phi) is 4.64. The van der Waals surface area contributed by atoms with Crippen LogP contribution in [0.5, 0.6) is 5.75 Å². The summed E-state index contributed by atoms with van der Waals surface area (Å²) < 4.78 is 11.9. The summed E-state index contributed by atoms with van der Waals surface area (Å²) in [5.74, 6) is 1.04. The number of aromatic nitrogens is 1. The lowest BCUT2D eigenvalue weighted by molar-refractivity contribution is 0.0980. The predicted molar refractivity (Wildman–Crippen MR) is 107 cm³/mol. The molecule has 0 spiro atoms. The monoisotopic (exact) mass is 378 g/mol. The van der Waals surface area contributed by atoms with Gasteiger partial charge in [-0.3, -0.25) is 9.69 Å². The molecule has 136 valence electrons. The number of ether oxygens (including phenoxy) is 1. The third-order valence-corrected chi connectivity index (χ3v) is 5.36. The number of anilines is 1. The quantitative estimate of drug-likeness (QED) is 0.487. The molecule has 0 saturated heterocycles. The van der Waals surface area contributed by atoms with Gasteiger partial charge in [-0.05, 0) is 42.8 Å². The van der Waals surface area contributed by atoms with Crippen molar-refractivity contribution in [2.75, 3.05) is 12.0 Å². The van der Waals surface area contributed by atoms with E-state index in [4.69, 9.17) is 14.1 Å². The van der Waals surface area contributed by atoms with Crippen molar-refractivity contribution in [1.82, 2.24) is 4.98 Å².